The Bertz CT molecular complexity index is 981. The highest BCUT2D eigenvalue weighted by Gasteiger charge is 2.21. The van der Waals surface area contributed by atoms with E-state index >= 15 is 0 Å². The van der Waals surface area contributed by atoms with E-state index < -0.39 is 0 Å². The summed E-state index contributed by atoms with van der Waals surface area (Å²) in [5.41, 5.74) is 3.09. The molecule has 6 nitrogen and oxygen atoms in total. The SMILES string of the molecule is COc1cccc(C(NC(=O)CCOc2cc(C)ccc2C)c2nccn2C)c1. The van der Waals surface area contributed by atoms with Crippen LogP contribution in [0.25, 0.3) is 0 Å². The van der Waals surface area contributed by atoms with Gasteiger partial charge in [-0.25, -0.2) is 4.98 Å². The summed E-state index contributed by atoms with van der Waals surface area (Å²) in [7, 11) is 3.53. The number of carbonyl (C=O) groups is 1. The van der Waals surface area contributed by atoms with Crippen molar-refractivity contribution in [3.05, 3.63) is 77.4 Å². The summed E-state index contributed by atoms with van der Waals surface area (Å²) in [6, 6.07) is 13.3. The predicted octanol–water partition coefficient (Wildman–Crippen LogP) is 3.72. The molecule has 0 spiro atoms. The molecule has 0 radical (unpaired) electrons. The highest BCUT2D eigenvalue weighted by Crippen LogP contribution is 2.24. The quantitative estimate of drug-likeness (QED) is 0.633. The molecular formula is C23H27N3O3. The Hall–Kier alpha value is -3.28. The number of hydrogen-bond acceptors (Lipinski definition) is 4. The van der Waals surface area contributed by atoms with Crippen LogP contribution < -0.4 is 14.8 Å². The molecule has 1 atom stereocenters. The molecule has 3 rings (SSSR count). The van der Waals surface area contributed by atoms with Crippen molar-refractivity contribution in [3.8, 4) is 11.5 Å². The van der Waals surface area contributed by atoms with Crippen molar-refractivity contribution >= 4 is 5.91 Å². The van der Waals surface area contributed by atoms with E-state index in [1.165, 1.54) is 0 Å². The summed E-state index contributed by atoms with van der Waals surface area (Å²) < 4.78 is 13.1. The molecule has 2 aromatic carbocycles. The normalized spacial score (nSPS) is 11.7. The Morgan fingerprint density at radius 1 is 1.21 bits per heavy atom. The van der Waals surface area contributed by atoms with E-state index in [-0.39, 0.29) is 18.4 Å². The summed E-state index contributed by atoms with van der Waals surface area (Å²) >= 11 is 0. The van der Waals surface area contributed by atoms with Gasteiger partial charge in [0.1, 0.15) is 23.4 Å². The minimum Gasteiger partial charge on any atom is -0.497 e. The molecular weight excluding hydrogens is 366 g/mol. The van der Waals surface area contributed by atoms with Gasteiger partial charge in [-0.05, 0) is 48.7 Å². The highest BCUT2D eigenvalue weighted by atomic mass is 16.5. The number of aryl methyl sites for hydroxylation is 3. The number of methoxy groups -OCH3 is 1. The number of nitrogens with zero attached hydrogens (tertiary/aromatic N) is 2. The maximum atomic E-state index is 12.7. The molecule has 1 aromatic heterocycles. The molecule has 1 amide bonds. The van der Waals surface area contributed by atoms with Crippen molar-refractivity contribution in [1.82, 2.24) is 14.9 Å². The van der Waals surface area contributed by atoms with Crippen LogP contribution in [0.5, 0.6) is 11.5 Å². The first-order valence-corrected chi connectivity index (χ1v) is 9.58. The van der Waals surface area contributed by atoms with Gasteiger partial charge in [-0.3, -0.25) is 4.79 Å². The Morgan fingerprint density at radius 2 is 2.03 bits per heavy atom. The number of benzene rings is 2. The van der Waals surface area contributed by atoms with Crippen molar-refractivity contribution in [1.29, 1.82) is 0 Å². The smallest absolute Gasteiger partial charge is 0.224 e. The van der Waals surface area contributed by atoms with Gasteiger partial charge in [0.05, 0.1) is 20.1 Å². The zero-order valence-electron chi connectivity index (χ0n) is 17.3. The third-order valence-electron chi connectivity index (χ3n) is 4.78. The number of nitrogens with one attached hydrogen (secondary N) is 1. The molecule has 29 heavy (non-hydrogen) atoms. The Morgan fingerprint density at radius 3 is 2.76 bits per heavy atom. The Labute approximate surface area is 171 Å². The van der Waals surface area contributed by atoms with Crippen LogP contribution in [0.3, 0.4) is 0 Å². The second-order valence-corrected chi connectivity index (χ2v) is 7.04. The molecule has 1 heterocycles. The van der Waals surface area contributed by atoms with E-state index in [2.05, 4.69) is 10.3 Å². The molecule has 0 aliphatic carbocycles. The number of imidazole rings is 1. The molecule has 0 bridgehead atoms. The van der Waals surface area contributed by atoms with Gasteiger partial charge in [-0.15, -0.1) is 0 Å². The van der Waals surface area contributed by atoms with E-state index in [9.17, 15) is 4.79 Å². The van der Waals surface area contributed by atoms with Crippen molar-refractivity contribution in [3.63, 3.8) is 0 Å². The number of rotatable bonds is 8. The third-order valence-corrected chi connectivity index (χ3v) is 4.78. The predicted molar refractivity (Wildman–Crippen MR) is 112 cm³/mol. The third kappa shape index (κ3) is 5.16. The van der Waals surface area contributed by atoms with Crippen LogP contribution in [0.4, 0.5) is 0 Å². The summed E-state index contributed by atoms with van der Waals surface area (Å²) in [6.45, 7) is 4.32. The summed E-state index contributed by atoms with van der Waals surface area (Å²) in [5.74, 6) is 2.19. The molecule has 152 valence electrons. The molecule has 0 aliphatic rings. The molecule has 0 saturated heterocycles. The average molecular weight is 393 g/mol. The van der Waals surface area contributed by atoms with Crippen molar-refractivity contribution in [2.24, 2.45) is 7.05 Å². The lowest BCUT2D eigenvalue weighted by molar-refractivity contribution is -0.122. The minimum absolute atomic E-state index is 0.105. The number of aromatic nitrogens is 2. The first-order valence-electron chi connectivity index (χ1n) is 9.58. The molecule has 1 N–H and O–H groups in total. The topological polar surface area (TPSA) is 65.4 Å². The van der Waals surface area contributed by atoms with Crippen LogP contribution in [0, 0.1) is 13.8 Å². The van der Waals surface area contributed by atoms with E-state index in [0.29, 0.717) is 6.61 Å². The van der Waals surface area contributed by atoms with E-state index in [4.69, 9.17) is 9.47 Å². The van der Waals surface area contributed by atoms with E-state index in [1.807, 2.05) is 74.1 Å². The van der Waals surface area contributed by atoms with Gasteiger partial charge < -0.3 is 19.4 Å². The average Bonchev–Trinajstić information content (AvgIpc) is 3.14. The van der Waals surface area contributed by atoms with Gasteiger partial charge >= 0.3 is 0 Å². The summed E-state index contributed by atoms with van der Waals surface area (Å²) in [5, 5.41) is 3.08. The number of ether oxygens (including phenoxy) is 2. The molecule has 1 unspecified atom stereocenters. The number of amides is 1. The Kier molecular flexibility index (Phi) is 6.54. The largest absolute Gasteiger partial charge is 0.497 e. The van der Waals surface area contributed by atoms with Gasteiger partial charge in [0, 0.05) is 19.4 Å². The van der Waals surface area contributed by atoms with Crippen LogP contribution in [-0.4, -0.2) is 29.2 Å². The van der Waals surface area contributed by atoms with Gasteiger partial charge in [0.15, 0.2) is 0 Å². The van der Waals surface area contributed by atoms with E-state index in [1.54, 1.807) is 13.3 Å². The first-order chi connectivity index (χ1) is 14.0. The summed E-state index contributed by atoms with van der Waals surface area (Å²) in [6.07, 6.45) is 3.83. The van der Waals surface area contributed by atoms with Crippen LogP contribution in [0.1, 0.15) is 35.0 Å². The van der Waals surface area contributed by atoms with Gasteiger partial charge in [-0.1, -0.05) is 24.3 Å². The molecule has 0 aliphatic heterocycles. The zero-order valence-corrected chi connectivity index (χ0v) is 17.3. The molecule has 6 heteroatoms. The maximum absolute atomic E-state index is 12.7. The number of carbonyl (C=O) groups excluding carboxylic acids is 1. The second kappa shape index (κ2) is 9.28. The lowest BCUT2D eigenvalue weighted by atomic mass is 10.1. The van der Waals surface area contributed by atoms with Crippen LogP contribution >= 0.6 is 0 Å². The van der Waals surface area contributed by atoms with Gasteiger partial charge in [0.2, 0.25) is 5.91 Å². The zero-order chi connectivity index (χ0) is 20.8. The molecule has 0 fully saturated rings. The van der Waals surface area contributed by atoms with Crippen molar-refractivity contribution in [2.45, 2.75) is 26.3 Å². The van der Waals surface area contributed by atoms with Gasteiger partial charge in [-0.2, -0.15) is 0 Å². The number of hydrogen-bond donors (Lipinski definition) is 1. The highest BCUT2D eigenvalue weighted by molar-refractivity contribution is 5.77. The van der Waals surface area contributed by atoms with Crippen LogP contribution in [0.15, 0.2) is 54.9 Å². The molecule has 3 aromatic rings. The second-order valence-electron chi connectivity index (χ2n) is 7.04. The fourth-order valence-electron chi connectivity index (χ4n) is 3.12. The van der Waals surface area contributed by atoms with Gasteiger partial charge in [0.25, 0.3) is 0 Å². The van der Waals surface area contributed by atoms with Crippen molar-refractivity contribution < 1.29 is 14.3 Å². The Balaban J connectivity index is 1.70. The van der Waals surface area contributed by atoms with Crippen LogP contribution in [0.2, 0.25) is 0 Å². The summed E-state index contributed by atoms with van der Waals surface area (Å²) in [4.78, 5) is 17.1. The monoisotopic (exact) mass is 393 g/mol. The lowest BCUT2D eigenvalue weighted by Crippen LogP contribution is -2.32. The minimum atomic E-state index is -0.377. The van der Waals surface area contributed by atoms with E-state index in [0.717, 1.165) is 34.0 Å². The molecule has 0 saturated carbocycles. The maximum Gasteiger partial charge on any atom is 0.224 e. The fraction of sp³-hybridized carbons (Fsp3) is 0.304. The first kappa shape index (κ1) is 20.5. The van der Waals surface area contributed by atoms with Crippen LogP contribution in [-0.2, 0) is 11.8 Å². The standard InChI is InChI=1S/C23H27N3O3/c1-16-8-9-17(2)20(14-16)29-13-10-21(27)25-22(23-24-11-12-26(23)3)18-6-5-7-19(15-18)28-4/h5-9,11-12,14-15,22H,10,13H2,1-4H3,(H,25,27). The van der Waals surface area contributed by atoms with Crippen molar-refractivity contribution in [2.75, 3.05) is 13.7 Å². The lowest BCUT2D eigenvalue weighted by Gasteiger charge is -2.20. The fourth-order valence-corrected chi connectivity index (χ4v) is 3.12.